The molecule has 1 saturated heterocycles. The maximum Gasteiger partial charge on any atom is 0.126 e. The minimum Gasteiger partial charge on any atom is -0.381 e. The van der Waals surface area contributed by atoms with Crippen LogP contribution in [0.25, 0.3) is 0 Å². The highest BCUT2D eigenvalue weighted by atomic mass is 19.1. The maximum absolute atomic E-state index is 13.6. The molecule has 0 saturated carbocycles. The van der Waals surface area contributed by atoms with E-state index in [-0.39, 0.29) is 11.9 Å². The predicted molar refractivity (Wildman–Crippen MR) is 66.5 cm³/mol. The van der Waals surface area contributed by atoms with Crippen molar-refractivity contribution in [3.8, 4) is 0 Å². The predicted octanol–water partition coefficient (Wildman–Crippen LogP) is 2.82. The van der Waals surface area contributed by atoms with Gasteiger partial charge in [-0.3, -0.25) is 0 Å². The number of ether oxygens (including phenoxy) is 1. The number of hydrogen-bond donors (Lipinski definition) is 1. The molecule has 1 aromatic rings. The van der Waals surface area contributed by atoms with Crippen molar-refractivity contribution < 1.29 is 9.13 Å². The summed E-state index contributed by atoms with van der Waals surface area (Å²) in [6, 6.07) is 5.77. The Morgan fingerprint density at radius 3 is 2.65 bits per heavy atom. The molecule has 0 radical (unpaired) electrons. The third-order valence-corrected chi connectivity index (χ3v) is 3.60. The molecule has 1 aliphatic rings. The lowest BCUT2D eigenvalue weighted by Gasteiger charge is -2.30. The number of halogens is 1. The zero-order valence-electron chi connectivity index (χ0n) is 10.5. The second-order valence-corrected chi connectivity index (χ2v) is 4.72. The van der Waals surface area contributed by atoms with E-state index in [1.165, 1.54) is 0 Å². The molecule has 0 amide bonds. The van der Waals surface area contributed by atoms with Crippen LogP contribution in [0.15, 0.2) is 18.2 Å². The van der Waals surface area contributed by atoms with E-state index in [0.717, 1.165) is 31.6 Å². The third kappa shape index (κ3) is 2.85. The second-order valence-electron chi connectivity index (χ2n) is 4.72. The molecule has 1 atom stereocenters. The molecular formula is C14H20FNO. The normalized spacial score (nSPS) is 19.2. The van der Waals surface area contributed by atoms with E-state index in [0.29, 0.717) is 11.5 Å². The van der Waals surface area contributed by atoms with Crippen molar-refractivity contribution in [3.05, 3.63) is 35.1 Å². The maximum atomic E-state index is 13.6. The van der Waals surface area contributed by atoms with Crippen molar-refractivity contribution in [2.75, 3.05) is 20.3 Å². The fourth-order valence-corrected chi connectivity index (χ4v) is 2.53. The summed E-state index contributed by atoms with van der Waals surface area (Å²) in [6.07, 6.45) is 2.09. The first-order chi connectivity index (χ1) is 8.22. The molecule has 3 heteroatoms. The van der Waals surface area contributed by atoms with Crippen molar-refractivity contribution in [1.82, 2.24) is 5.32 Å². The highest BCUT2D eigenvalue weighted by Crippen LogP contribution is 2.30. The summed E-state index contributed by atoms with van der Waals surface area (Å²) in [4.78, 5) is 0. The lowest BCUT2D eigenvalue weighted by atomic mass is 9.87. The molecular weight excluding hydrogens is 217 g/mol. The van der Waals surface area contributed by atoms with Gasteiger partial charge in [0.25, 0.3) is 0 Å². The molecule has 0 bridgehead atoms. The lowest BCUT2D eigenvalue weighted by molar-refractivity contribution is 0.0546. The van der Waals surface area contributed by atoms with Gasteiger partial charge in [-0.05, 0) is 49.9 Å². The molecule has 1 aromatic carbocycles. The monoisotopic (exact) mass is 237 g/mol. The topological polar surface area (TPSA) is 21.3 Å². The number of aryl methyl sites for hydroxylation is 1. The Hall–Kier alpha value is -0.930. The van der Waals surface area contributed by atoms with E-state index in [1.54, 1.807) is 13.0 Å². The molecule has 1 fully saturated rings. The molecule has 0 aliphatic carbocycles. The zero-order chi connectivity index (χ0) is 12.3. The van der Waals surface area contributed by atoms with Crippen molar-refractivity contribution in [3.63, 3.8) is 0 Å². The molecule has 1 aliphatic heterocycles. The van der Waals surface area contributed by atoms with Crippen LogP contribution in [0.1, 0.15) is 30.0 Å². The lowest BCUT2D eigenvalue weighted by Crippen LogP contribution is -2.30. The SMILES string of the molecule is CNC(c1ccc(C)c(F)c1)C1CCOCC1. The van der Waals surface area contributed by atoms with Crippen molar-refractivity contribution in [2.45, 2.75) is 25.8 Å². The van der Waals surface area contributed by atoms with Crippen LogP contribution in [0.4, 0.5) is 4.39 Å². The summed E-state index contributed by atoms with van der Waals surface area (Å²) in [5, 5.41) is 3.31. The van der Waals surface area contributed by atoms with Gasteiger partial charge in [0.1, 0.15) is 5.82 Å². The fraction of sp³-hybridized carbons (Fsp3) is 0.571. The Bertz CT molecular complexity index is 374. The van der Waals surface area contributed by atoms with Crippen LogP contribution in [0.2, 0.25) is 0 Å². The van der Waals surface area contributed by atoms with Crippen LogP contribution in [-0.2, 0) is 4.74 Å². The first-order valence-electron chi connectivity index (χ1n) is 6.23. The summed E-state index contributed by atoms with van der Waals surface area (Å²) in [5.74, 6) is 0.422. The summed E-state index contributed by atoms with van der Waals surface area (Å²) < 4.78 is 19.0. The quantitative estimate of drug-likeness (QED) is 0.872. The van der Waals surface area contributed by atoms with E-state index in [4.69, 9.17) is 4.74 Å². The van der Waals surface area contributed by atoms with Gasteiger partial charge in [-0.1, -0.05) is 12.1 Å². The summed E-state index contributed by atoms with van der Waals surface area (Å²) in [6.45, 7) is 3.43. The second kappa shape index (κ2) is 5.61. The highest BCUT2D eigenvalue weighted by Gasteiger charge is 2.24. The van der Waals surface area contributed by atoms with Crippen LogP contribution < -0.4 is 5.32 Å². The van der Waals surface area contributed by atoms with Gasteiger partial charge in [0.05, 0.1) is 0 Å². The Balaban J connectivity index is 2.18. The molecule has 2 nitrogen and oxygen atoms in total. The van der Waals surface area contributed by atoms with Crippen molar-refractivity contribution in [2.24, 2.45) is 5.92 Å². The van der Waals surface area contributed by atoms with Gasteiger partial charge in [0.2, 0.25) is 0 Å². The molecule has 94 valence electrons. The number of benzene rings is 1. The van der Waals surface area contributed by atoms with Gasteiger partial charge >= 0.3 is 0 Å². The molecule has 1 N–H and O–H groups in total. The third-order valence-electron chi connectivity index (χ3n) is 3.60. The van der Waals surface area contributed by atoms with E-state index in [1.807, 2.05) is 19.2 Å². The summed E-state index contributed by atoms with van der Waals surface area (Å²) in [7, 11) is 1.94. The van der Waals surface area contributed by atoms with E-state index in [9.17, 15) is 4.39 Å². The van der Waals surface area contributed by atoms with E-state index >= 15 is 0 Å². The van der Waals surface area contributed by atoms with Gasteiger partial charge in [-0.25, -0.2) is 4.39 Å². The average molecular weight is 237 g/mol. The Labute approximate surface area is 102 Å². The molecule has 0 spiro atoms. The van der Waals surface area contributed by atoms with Gasteiger partial charge in [0, 0.05) is 19.3 Å². The minimum absolute atomic E-state index is 0.116. The van der Waals surface area contributed by atoms with Crippen LogP contribution in [0.5, 0.6) is 0 Å². The molecule has 1 heterocycles. The number of rotatable bonds is 3. The van der Waals surface area contributed by atoms with E-state index < -0.39 is 0 Å². The van der Waals surface area contributed by atoms with Crippen molar-refractivity contribution in [1.29, 1.82) is 0 Å². The van der Waals surface area contributed by atoms with Crippen LogP contribution in [0, 0.1) is 18.7 Å². The van der Waals surface area contributed by atoms with Crippen LogP contribution in [-0.4, -0.2) is 20.3 Å². The van der Waals surface area contributed by atoms with Crippen molar-refractivity contribution >= 4 is 0 Å². The first kappa shape index (κ1) is 12.5. The standard InChI is InChI=1S/C14H20FNO/c1-10-3-4-12(9-13(10)15)14(16-2)11-5-7-17-8-6-11/h3-4,9,11,14,16H,5-8H2,1-2H3. The summed E-state index contributed by atoms with van der Waals surface area (Å²) in [5.41, 5.74) is 1.75. The molecule has 2 rings (SSSR count). The first-order valence-corrected chi connectivity index (χ1v) is 6.23. The van der Waals surface area contributed by atoms with Gasteiger partial charge in [-0.2, -0.15) is 0 Å². The Morgan fingerprint density at radius 1 is 1.35 bits per heavy atom. The molecule has 1 unspecified atom stereocenters. The van der Waals surface area contributed by atoms with E-state index in [2.05, 4.69) is 5.32 Å². The van der Waals surface area contributed by atoms with Crippen LogP contribution >= 0.6 is 0 Å². The highest BCUT2D eigenvalue weighted by molar-refractivity contribution is 5.26. The molecule has 17 heavy (non-hydrogen) atoms. The van der Waals surface area contributed by atoms with Gasteiger partial charge < -0.3 is 10.1 Å². The summed E-state index contributed by atoms with van der Waals surface area (Å²) >= 11 is 0. The Kier molecular flexibility index (Phi) is 4.13. The van der Waals surface area contributed by atoms with Gasteiger partial charge in [-0.15, -0.1) is 0 Å². The van der Waals surface area contributed by atoms with Crippen LogP contribution in [0.3, 0.4) is 0 Å². The number of nitrogens with one attached hydrogen (secondary N) is 1. The average Bonchev–Trinajstić information content (AvgIpc) is 2.36. The zero-order valence-corrected chi connectivity index (χ0v) is 10.5. The molecule has 0 aromatic heterocycles. The Morgan fingerprint density at radius 2 is 2.06 bits per heavy atom. The largest absolute Gasteiger partial charge is 0.381 e. The smallest absolute Gasteiger partial charge is 0.126 e. The number of hydrogen-bond acceptors (Lipinski definition) is 2. The van der Waals surface area contributed by atoms with Gasteiger partial charge in [0.15, 0.2) is 0 Å². The fourth-order valence-electron chi connectivity index (χ4n) is 2.53. The minimum atomic E-state index is -0.116.